The fraction of sp³-hybridized carbons (Fsp3) is 0.368. The van der Waals surface area contributed by atoms with Crippen molar-refractivity contribution in [2.45, 2.75) is 6.54 Å². The Labute approximate surface area is 161 Å². The maximum Gasteiger partial charge on any atom is 0.261 e. The molecule has 27 heavy (non-hydrogen) atoms. The van der Waals surface area contributed by atoms with E-state index in [1.165, 1.54) is 24.5 Å². The third-order valence-electron chi connectivity index (χ3n) is 4.49. The van der Waals surface area contributed by atoms with Gasteiger partial charge in [0.05, 0.1) is 18.5 Å². The summed E-state index contributed by atoms with van der Waals surface area (Å²) in [6.45, 7) is 3.22. The lowest BCUT2D eigenvalue weighted by Crippen LogP contribution is -2.50. The molecule has 0 radical (unpaired) electrons. The molecule has 0 spiro atoms. The SMILES string of the molecule is COc1ccc(CN2CCN(C(=O)CNC(=O)c3cccs3)CC2)cc1F. The number of hydrogen-bond donors (Lipinski definition) is 1. The summed E-state index contributed by atoms with van der Waals surface area (Å²) in [5, 5.41) is 4.49. The predicted molar refractivity (Wildman–Crippen MR) is 101 cm³/mol. The van der Waals surface area contributed by atoms with Crippen molar-refractivity contribution >= 4 is 23.2 Å². The van der Waals surface area contributed by atoms with Crippen LogP contribution >= 0.6 is 11.3 Å². The van der Waals surface area contributed by atoms with Crippen LogP contribution in [0.2, 0.25) is 0 Å². The van der Waals surface area contributed by atoms with Gasteiger partial charge in [0, 0.05) is 32.7 Å². The van der Waals surface area contributed by atoms with Crippen molar-refractivity contribution in [1.82, 2.24) is 15.1 Å². The molecule has 8 heteroatoms. The topological polar surface area (TPSA) is 61.9 Å². The van der Waals surface area contributed by atoms with Gasteiger partial charge in [0.1, 0.15) is 0 Å². The summed E-state index contributed by atoms with van der Waals surface area (Å²) >= 11 is 1.34. The molecule has 0 bridgehead atoms. The van der Waals surface area contributed by atoms with E-state index >= 15 is 0 Å². The first-order chi connectivity index (χ1) is 13.1. The second-order valence-corrected chi connectivity index (χ2v) is 7.23. The molecule has 1 fully saturated rings. The van der Waals surface area contributed by atoms with Crippen molar-refractivity contribution < 1.29 is 18.7 Å². The zero-order chi connectivity index (χ0) is 19.2. The van der Waals surface area contributed by atoms with E-state index in [4.69, 9.17) is 4.74 Å². The molecule has 0 saturated carbocycles. The number of ether oxygens (including phenoxy) is 1. The highest BCUT2D eigenvalue weighted by Gasteiger charge is 2.22. The van der Waals surface area contributed by atoms with Gasteiger partial charge in [0.2, 0.25) is 5.91 Å². The first kappa shape index (κ1) is 19.3. The molecule has 0 atom stereocenters. The normalized spacial score (nSPS) is 14.8. The Morgan fingerprint density at radius 3 is 2.63 bits per heavy atom. The van der Waals surface area contributed by atoms with Crippen molar-refractivity contribution in [3.05, 3.63) is 52.0 Å². The third-order valence-corrected chi connectivity index (χ3v) is 5.36. The van der Waals surface area contributed by atoms with Crippen LogP contribution in [0.1, 0.15) is 15.2 Å². The highest BCUT2D eigenvalue weighted by atomic mass is 32.1. The monoisotopic (exact) mass is 391 g/mol. The highest BCUT2D eigenvalue weighted by Crippen LogP contribution is 2.19. The van der Waals surface area contributed by atoms with Gasteiger partial charge in [-0.25, -0.2) is 4.39 Å². The van der Waals surface area contributed by atoms with Crippen LogP contribution in [0.3, 0.4) is 0 Å². The molecule has 2 amide bonds. The van der Waals surface area contributed by atoms with E-state index < -0.39 is 0 Å². The maximum atomic E-state index is 13.8. The van der Waals surface area contributed by atoms with Gasteiger partial charge >= 0.3 is 0 Å². The first-order valence-corrected chi connectivity index (χ1v) is 9.59. The van der Waals surface area contributed by atoms with Gasteiger partial charge in [-0.2, -0.15) is 0 Å². The molecule has 1 aromatic carbocycles. The molecule has 1 saturated heterocycles. The molecule has 0 unspecified atom stereocenters. The van der Waals surface area contributed by atoms with Gasteiger partial charge in [-0.05, 0) is 29.1 Å². The van der Waals surface area contributed by atoms with Gasteiger partial charge in [-0.1, -0.05) is 12.1 Å². The fourth-order valence-corrected chi connectivity index (χ4v) is 3.62. The molecule has 2 heterocycles. The lowest BCUT2D eigenvalue weighted by Gasteiger charge is -2.34. The number of halogens is 1. The summed E-state index contributed by atoms with van der Waals surface area (Å²) in [6.07, 6.45) is 0. The third kappa shape index (κ3) is 5.05. The number of carbonyl (C=O) groups is 2. The summed E-state index contributed by atoms with van der Waals surface area (Å²) in [5.74, 6) is -0.447. The minimum Gasteiger partial charge on any atom is -0.494 e. The van der Waals surface area contributed by atoms with Crippen molar-refractivity contribution in [1.29, 1.82) is 0 Å². The number of methoxy groups -OCH3 is 1. The summed E-state index contributed by atoms with van der Waals surface area (Å²) in [7, 11) is 1.44. The van der Waals surface area contributed by atoms with E-state index in [1.807, 2.05) is 11.4 Å². The van der Waals surface area contributed by atoms with Gasteiger partial charge in [0.25, 0.3) is 5.91 Å². The van der Waals surface area contributed by atoms with E-state index in [0.717, 1.165) is 5.56 Å². The molecule has 1 N–H and O–H groups in total. The smallest absolute Gasteiger partial charge is 0.261 e. The zero-order valence-electron chi connectivity index (χ0n) is 15.1. The molecular weight excluding hydrogens is 369 g/mol. The van der Waals surface area contributed by atoms with Gasteiger partial charge < -0.3 is 15.0 Å². The van der Waals surface area contributed by atoms with Crippen molar-refractivity contribution in [2.24, 2.45) is 0 Å². The molecule has 1 aliphatic rings. The van der Waals surface area contributed by atoms with Gasteiger partial charge in [0.15, 0.2) is 11.6 Å². The Hall–Kier alpha value is -2.45. The van der Waals surface area contributed by atoms with E-state index in [-0.39, 0.29) is 29.9 Å². The quantitative estimate of drug-likeness (QED) is 0.818. The van der Waals surface area contributed by atoms with Crippen LogP contribution in [0.15, 0.2) is 35.7 Å². The number of benzene rings is 1. The van der Waals surface area contributed by atoms with Gasteiger partial charge in [-0.3, -0.25) is 14.5 Å². The Bertz CT molecular complexity index is 790. The van der Waals surface area contributed by atoms with Gasteiger partial charge in [-0.15, -0.1) is 11.3 Å². The van der Waals surface area contributed by atoms with Crippen LogP contribution in [0, 0.1) is 5.82 Å². The van der Waals surface area contributed by atoms with Crippen LogP contribution in [-0.4, -0.2) is 61.4 Å². The number of nitrogens with zero attached hydrogens (tertiary/aromatic N) is 2. The van der Waals surface area contributed by atoms with Crippen LogP contribution < -0.4 is 10.1 Å². The number of hydrogen-bond acceptors (Lipinski definition) is 5. The lowest BCUT2D eigenvalue weighted by molar-refractivity contribution is -0.131. The number of rotatable bonds is 6. The van der Waals surface area contributed by atoms with Crippen LogP contribution in [0.5, 0.6) is 5.75 Å². The molecular formula is C19H22FN3O3S. The van der Waals surface area contributed by atoms with Crippen LogP contribution in [0.4, 0.5) is 4.39 Å². The van der Waals surface area contributed by atoms with E-state index in [9.17, 15) is 14.0 Å². The zero-order valence-corrected chi connectivity index (χ0v) is 15.9. The molecule has 144 valence electrons. The van der Waals surface area contributed by atoms with E-state index in [0.29, 0.717) is 37.6 Å². The van der Waals surface area contributed by atoms with E-state index in [1.54, 1.807) is 23.1 Å². The first-order valence-electron chi connectivity index (χ1n) is 8.71. The molecule has 0 aliphatic carbocycles. The summed E-state index contributed by atoms with van der Waals surface area (Å²) in [6, 6.07) is 8.48. The van der Waals surface area contributed by atoms with Crippen LogP contribution in [0.25, 0.3) is 0 Å². The summed E-state index contributed by atoms with van der Waals surface area (Å²) in [5.41, 5.74) is 0.872. The molecule has 6 nitrogen and oxygen atoms in total. The van der Waals surface area contributed by atoms with Crippen LogP contribution in [-0.2, 0) is 11.3 Å². The van der Waals surface area contributed by atoms with Crippen molar-refractivity contribution in [2.75, 3.05) is 39.8 Å². The lowest BCUT2D eigenvalue weighted by atomic mass is 10.2. The standard InChI is InChI=1S/C19H22FN3O3S/c1-26-16-5-4-14(11-15(16)20)13-22-6-8-23(9-7-22)18(24)12-21-19(25)17-3-2-10-27-17/h2-5,10-11H,6-9,12-13H2,1H3,(H,21,25). The Morgan fingerprint density at radius 1 is 1.22 bits per heavy atom. The number of thiophene rings is 1. The largest absolute Gasteiger partial charge is 0.494 e. The maximum absolute atomic E-state index is 13.8. The summed E-state index contributed by atoms with van der Waals surface area (Å²) in [4.78, 5) is 28.7. The second-order valence-electron chi connectivity index (χ2n) is 6.29. The van der Waals surface area contributed by atoms with Crippen molar-refractivity contribution in [3.63, 3.8) is 0 Å². The molecule has 2 aromatic rings. The Morgan fingerprint density at radius 2 is 2.00 bits per heavy atom. The molecule has 3 rings (SSSR count). The highest BCUT2D eigenvalue weighted by molar-refractivity contribution is 7.12. The molecule has 1 aliphatic heterocycles. The number of piperazine rings is 1. The average Bonchev–Trinajstić information content (AvgIpc) is 3.21. The van der Waals surface area contributed by atoms with E-state index in [2.05, 4.69) is 10.2 Å². The number of amides is 2. The average molecular weight is 391 g/mol. The number of carbonyl (C=O) groups excluding carboxylic acids is 2. The number of nitrogens with one attached hydrogen (secondary N) is 1. The predicted octanol–water partition coefficient (Wildman–Crippen LogP) is 1.97. The minimum atomic E-state index is -0.370. The minimum absolute atomic E-state index is 0.000421. The summed E-state index contributed by atoms with van der Waals surface area (Å²) < 4.78 is 18.7. The Kier molecular flexibility index (Phi) is 6.41. The Balaban J connectivity index is 1.43. The fourth-order valence-electron chi connectivity index (χ4n) is 2.98. The molecule has 1 aromatic heterocycles. The second kappa shape index (κ2) is 8.96. The van der Waals surface area contributed by atoms with Crippen molar-refractivity contribution in [3.8, 4) is 5.75 Å².